The number of carbonyl (C=O) groups excluding carboxylic acids is 1. The number of methoxy groups -OCH3 is 1. The monoisotopic (exact) mass is 439 g/mol. The third-order valence-corrected chi connectivity index (χ3v) is 5.52. The second kappa shape index (κ2) is 9.02. The summed E-state index contributed by atoms with van der Waals surface area (Å²) in [5.41, 5.74) is 1.93. The van der Waals surface area contributed by atoms with E-state index >= 15 is 0 Å². The fraction of sp³-hybridized carbons (Fsp3) is 0.474. The van der Waals surface area contributed by atoms with Crippen LogP contribution in [-0.2, 0) is 9.53 Å². The summed E-state index contributed by atoms with van der Waals surface area (Å²) in [5.74, 6) is 0.239. The van der Waals surface area contributed by atoms with Crippen LogP contribution in [0.5, 0.6) is 0 Å². The Morgan fingerprint density at radius 3 is 2.92 bits per heavy atom. The largest absolute Gasteiger partial charge is 0.385 e. The molecule has 0 atom stereocenters. The van der Waals surface area contributed by atoms with Crippen LogP contribution in [0.2, 0.25) is 5.02 Å². The summed E-state index contributed by atoms with van der Waals surface area (Å²) in [5, 5.41) is 4.69. The van der Waals surface area contributed by atoms with Crippen molar-refractivity contribution in [3.63, 3.8) is 0 Å². The molecule has 0 saturated carbocycles. The number of amides is 1. The molecular weight excluding hydrogens is 418 g/mol. The van der Waals surface area contributed by atoms with Gasteiger partial charge in [-0.05, 0) is 37.5 Å². The van der Waals surface area contributed by atoms with Crippen LogP contribution in [0, 0.1) is 5.92 Å². The van der Waals surface area contributed by atoms with Gasteiger partial charge in [0, 0.05) is 61.0 Å². The molecule has 2 aromatic rings. The van der Waals surface area contributed by atoms with Crippen LogP contribution in [-0.4, -0.2) is 44.2 Å². The van der Waals surface area contributed by atoms with Gasteiger partial charge in [0.15, 0.2) is 0 Å². The zero-order valence-electron chi connectivity index (χ0n) is 14.8. The lowest BCUT2D eigenvalue weighted by Crippen LogP contribution is -2.41. The number of hydrogen-bond acceptors (Lipinski definition) is 4. The maximum Gasteiger partial charge on any atom is 0.223 e. The van der Waals surface area contributed by atoms with Gasteiger partial charge in [-0.15, -0.1) is 0 Å². The first-order valence-electron chi connectivity index (χ1n) is 8.85. The summed E-state index contributed by atoms with van der Waals surface area (Å²) in [6.07, 6.45) is 4.34. The minimum Gasteiger partial charge on any atom is -0.385 e. The van der Waals surface area contributed by atoms with Gasteiger partial charge < -0.3 is 15.0 Å². The Hall–Kier alpha value is -1.37. The lowest BCUT2D eigenvalue weighted by Gasteiger charge is -2.33. The number of hydrogen-bond donors (Lipinski definition) is 1. The van der Waals surface area contributed by atoms with Crippen molar-refractivity contribution in [3.8, 4) is 0 Å². The van der Waals surface area contributed by atoms with Gasteiger partial charge in [0.1, 0.15) is 0 Å². The third-order valence-electron chi connectivity index (χ3n) is 4.77. The molecular formula is C19H23BrClN3O2. The fourth-order valence-corrected chi connectivity index (χ4v) is 4.25. The first-order valence-corrected chi connectivity index (χ1v) is 10.0. The second-order valence-corrected chi connectivity index (χ2v) is 7.84. The fourth-order valence-electron chi connectivity index (χ4n) is 3.40. The molecule has 1 aromatic heterocycles. The molecule has 1 amide bonds. The van der Waals surface area contributed by atoms with Crippen molar-refractivity contribution in [1.29, 1.82) is 0 Å². The Kier molecular flexibility index (Phi) is 6.73. The van der Waals surface area contributed by atoms with Crippen molar-refractivity contribution >= 4 is 50.0 Å². The zero-order chi connectivity index (χ0) is 18.5. The number of anilines is 1. The van der Waals surface area contributed by atoms with E-state index in [9.17, 15) is 4.79 Å². The highest BCUT2D eigenvalue weighted by molar-refractivity contribution is 9.10. The predicted octanol–water partition coefficient (Wildman–Crippen LogP) is 4.02. The van der Waals surface area contributed by atoms with Crippen LogP contribution in [0.25, 0.3) is 10.9 Å². The molecule has 3 rings (SSSR count). The SMILES string of the molecule is COCCCNC(=O)C1CCN(c2ccnc3c(Cl)cc(Br)cc23)CC1. The molecule has 5 nitrogen and oxygen atoms in total. The van der Waals surface area contributed by atoms with E-state index in [2.05, 4.69) is 37.2 Å². The van der Waals surface area contributed by atoms with Crippen molar-refractivity contribution in [1.82, 2.24) is 10.3 Å². The highest BCUT2D eigenvalue weighted by Crippen LogP contribution is 2.34. The highest BCUT2D eigenvalue weighted by Gasteiger charge is 2.25. The van der Waals surface area contributed by atoms with Gasteiger partial charge >= 0.3 is 0 Å². The molecule has 1 fully saturated rings. The number of rotatable bonds is 6. The summed E-state index contributed by atoms with van der Waals surface area (Å²) < 4.78 is 5.95. The van der Waals surface area contributed by atoms with E-state index in [-0.39, 0.29) is 11.8 Å². The van der Waals surface area contributed by atoms with Gasteiger partial charge in [0.05, 0.1) is 10.5 Å². The molecule has 1 aromatic carbocycles. The molecule has 0 bridgehead atoms. The van der Waals surface area contributed by atoms with Crippen molar-refractivity contribution in [2.45, 2.75) is 19.3 Å². The lowest BCUT2D eigenvalue weighted by molar-refractivity contribution is -0.125. The molecule has 140 valence electrons. The maximum absolute atomic E-state index is 12.3. The van der Waals surface area contributed by atoms with E-state index in [1.807, 2.05) is 12.1 Å². The van der Waals surface area contributed by atoms with Crippen molar-refractivity contribution in [3.05, 3.63) is 33.9 Å². The Bertz CT molecular complexity index is 779. The summed E-state index contributed by atoms with van der Waals surface area (Å²) in [7, 11) is 1.67. The Balaban J connectivity index is 1.65. The van der Waals surface area contributed by atoms with Crippen LogP contribution in [0.3, 0.4) is 0 Å². The molecule has 7 heteroatoms. The predicted molar refractivity (Wildman–Crippen MR) is 109 cm³/mol. The van der Waals surface area contributed by atoms with Crippen LogP contribution in [0.1, 0.15) is 19.3 Å². The molecule has 1 aliphatic rings. The average molecular weight is 441 g/mol. The Morgan fingerprint density at radius 2 is 2.19 bits per heavy atom. The van der Waals surface area contributed by atoms with Crippen LogP contribution in [0.4, 0.5) is 5.69 Å². The topological polar surface area (TPSA) is 54.5 Å². The molecule has 0 radical (unpaired) electrons. The summed E-state index contributed by atoms with van der Waals surface area (Å²) in [6.45, 7) is 3.04. The normalized spacial score (nSPS) is 15.4. The van der Waals surface area contributed by atoms with Crippen molar-refractivity contribution in [2.24, 2.45) is 5.92 Å². The number of nitrogens with zero attached hydrogens (tertiary/aromatic N) is 2. The molecule has 1 saturated heterocycles. The van der Waals surface area contributed by atoms with Crippen LogP contribution >= 0.6 is 27.5 Å². The number of carbonyl (C=O) groups is 1. The van der Waals surface area contributed by atoms with Gasteiger partial charge in [-0.1, -0.05) is 27.5 Å². The summed E-state index contributed by atoms with van der Waals surface area (Å²) >= 11 is 9.85. The van der Waals surface area contributed by atoms with E-state index in [0.29, 0.717) is 18.2 Å². The maximum atomic E-state index is 12.3. The molecule has 0 unspecified atom stereocenters. The molecule has 0 spiro atoms. The van der Waals surface area contributed by atoms with Crippen molar-refractivity contribution < 1.29 is 9.53 Å². The number of halogens is 2. The standard InChI is InChI=1S/C19H23BrClN3O2/c1-26-10-2-6-23-19(25)13-4-8-24(9-5-13)17-3-7-22-18-15(17)11-14(20)12-16(18)21/h3,7,11-13H,2,4-6,8-10H2,1H3,(H,23,25). The molecule has 1 aliphatic heterocycles. The molecule has 0 aliphatic carbocycles. The Labute approximate surface area is 167 Å². The number of aromatic nitrogens is 1. The van der Waals surface area contributed by atoms with Crippen molar-refractivity contribution in [2.75, 3.05) is 38.3 Å². The minimum atomic E-state index is 0.0808. The second-order valence-electron chi connectivity index (χ2n) is 6.51. The number of ether oxygens (including phenoxy) is 1. The quantitative estimate of drug-likeness (QED) is 0.689. The van der Waals surface area contributed by atoms with Crippen LogP contribution in [0.15, 0.2) is 28.9 Å². The van der Waals surface area contributed by atoms with E-state index in [1.54, 1.807) is 13.3 Å². The number of nitrogens with one attached hydrogen (secondary N) is 1. The third kappa shape index (κ3) is 4.48. The Morgan fingerprint density at radius 1 is 1.42 bits per heavy atom. The summed E-state index contributed by atoms with van der Waals surface area (Å²) in [4.78, 5) is 19.0. The van der Waals surface area contributed by atoms with E-state index in [0.717, 1.165) is 53.4 Å². The number of fused-ring (bicyclic) bond motifs is 1. The van der Waals surface area contributed by atoms with Gasteiger partial charge in [-0.25, -0.2) is 0 Å². The smallest absolute Gasteiger partial charge is 0.223 e. The summed E-state index contributed by atoms with van der Waals surface area (Å²) in [6, 6.07) is 5.94. The van der Waals surface area contributed by atoms with E-state index < -0.39 is 0 Å². The van der Waals surface area contributed by atoms with Gasteiger partial charge in [-0.2, -0.15) is 0 Å². The van der Waals surface area contributed by atoms with Gasteiger partial charge in [-0.3, -0.25) is 9.78 Å². The first kappa shape index (κ1) is 19.4. The minimum absolute atomic E-state index is 0.0808. The first-order chi connectivity index (χ1) is 12.6. The van der Waals surface area contributed by atoms with E-state index in [4.69, 9.17) is 16.3 Å². The number of pyridine rings is 1. The molecule has 1 N–H and O–H groups in total. The average Bonchev–Trinajstić information content (AvgIpc) is 2.65. The number of benzene rings is 1. The highest BCUT2D eigenvalue weighted by atomic mass is 79.9. The zero-order valence-corrected chi connectivity index (χ0v) is 17.1. The van der Waals surface area contributed by atoms with E-state index in [1.165, 1.54) is 0 Å². The molecule has 26 heavy (non-hydrogen) atoms. The number of piperidine rings is 1. The van der Waals surface area contributed by atoms with Gasteiger partial charge in [0.25, 0.3) is 0 Å². The molecule has 2 heterocycles. The van der Waals surface area contributed by atoms with Crippen LogP contribution < -0.4 is 10.2 Å². The lowest BCUT2D eigenvalue weighted by atomic mass is 9.95. The van der Waals surface area contributed by atoms with Gasteiger partial charge in [0.2, 0.25) is 5.91 Å².